The number of Topliss-reactive ketones (excluding diaryl/α,β-unsaturated/α-hetero) is 1. The summed E-state index contributed by atoms with van der Waals surface area (Å²) in [7, 11) is 0. The van der Waals surface area contributed by atoms with E-state index in [1.165, 1.54) is 29.2 Å². The van der Waals surface area contributed by atoms with Gasteiger partial charge in [-0.2, -0.15) is 5.26 Å². The van der Waals surface area contributed by atoms with Crippen molar-refractivity contribution in [1.29, 1.82) is 5.26 Å². The minimum atomic E-state index is -1.07. The first-order chi connectivity index (χ1) is 12.9. The number of phenolic OH excluding ortho intramolecular Hbond substituents is 1. The van der Waals surface area contributed by atoms with Crippen molar-refractivity contribution in [2.24, 2.45) is 5.92 Å². The highest BCUT2D eigenvalue weighted by molar-refractivity contribution is 5.98. The number of amides is 1. The van der Waals surface area contributed by atoms with Crippen LogP contribution in [0, 0.1) is 28.9 Å². The van der Waals surface area contributed by atoms with Gasteiger partial charge in [-0.15, -0.1) is 0 Å². The number of likely N-dealkylation sites (tertiary alicyclic amines) is 1. The van der Waals surface area contributed by atoms with E-state index in [1.54, 1.807) is 6.07 Å². The van der Waals surface area contributed by atoms with Crippen LogP contribution in [0.4, 0.5) is 8.78 Å². The molecule has 138 valence electrons. The zero-order chi connectivity index (χ0) is 19.6. The van der Waals surface area contributed by atoms with Crippen LogP contribution in [0.5, 0.6) is 5.75 Å². The van der Waals surface area contributed by atoms with Gasteiger partial charge in [0.15, 0.2) is 5.78 Å². The molecule has 0 aliphatic carbocycles. The lowest BCUT2D eigenvalue weighted by Gasteiger charge is -2.31. The quantitative estimate of drug-likeness (QED) is 0.841. The van der Waals surface area contributed by atoms with Crippen LogP contribution in [0.3, 0.4) is 0 Å². The molecule has 0 radical (unpaired) electrons. The third kappa shape index (κ3) is 3.80. The van der Waals surface area contributed by atoms with Gasteiger partial charge in [0.25, 0.3) is 5.91 Å². The third-order valence-corrected chi connectivity index (χ3v) is 4.69. The van der Waals surface area contributed by atoms with E-state index < -0.39 is 23.1 Å². The Balaban J connectivity index is 1.69. The molecule has 0 aromatic heterocycles. The zero-order valence-electron chi connectivity index (χ0n) is 14.3. The number of piperidine rings is 1. The molecule has 3 rings (SSSR count). The lowest BCUT2D eigenvalue weighted by Crippen LogP contribution is -2.41. The molecule has 0 unspecified atom stereocenters. The molecule has 1 aliphatic rings. The summed E-state index contributed by atoms with van der Waals surface area (Å²) in [5, 5.41) is 18.0. The summed E-state index contributed by atoms with van der Waals surface area (Å²) in [6, 6.07) is 9.24. The SMILES string of the molecule is N#Cc1cc(F)c(C(=O)N2CCC(C(=O)c3ccc(O)cc3)CC2)c(F)c1. The Hall–Kier alpha value is -3.27. The second-order valence-electron chi connectivity index (χ2n) is 6.40. The van der Waals surface area contributed by atoms with Gasteiger partial charge in [-0.1, -0.05) is 0 Å². The van der Waals surface area contributed by atoms with E-state index in [1.807, 2.05) is 0 Å². The number of aromatic hydroxyl groups is 1. The molecule has 1 fully saturated rings. The van der Waals surface area contributed by atoms with Crippen LogP contribution in [0.1, 0.15) is 39.1 Å². The van der Waals surface area contributed by atoms with Gasteiger partial charge in [0.05, 0.1) is 11.6 Å². The Bertz CT molecular complexity index is 904. The first kappa shape index (κ1) is 18.5. The first-order valence-electron chi connectivity index (χ1n) is 8.42. The minimum Gasteiger partial charge on any atom is -0.508 e. The number of ketones is 1. The van der Waals surface area contributed by atoms with Gasteiger partial charge < -0.3 is 10.0 Å². The Kier molecular flexibility index (Phi) is 5.17. The standard InChI is InChI=1S/C20H16F2N2O3/c21-16-9-12(11-23)10-17(22)18(16)20(27)24-7-5-14(6-8-24)19(26)13-1-3-15(25)4-2-13/h1-4,9-10,14,25H,5-8H2. The highest BCUT2D eigenvalue weighted by Gasteiger charge is 2.30. The highest BCUT2D eigenvalue weighted by atomic mass is 19.1. The van der Waals surface area contributed by atoms with Crippen molar-refractivity contribution >= 4 is 11.7 Å². The maximum absolute atomic E-state index is 14.0. The molecule has 27 heavy (non-hydrogen) atoms. The fourth-order valence-corrected chi connectivity index (χ4v) is 3.21. The summed E-state index contributed by atoms with van der Waals surface area (Å²) in [6.45, 7) is 0.401. The van der Waals surface area contributed by atoms with Gasteiger partial charge in [0.2, 0.25) is 0 Å². The Morgan fingerprint density at radius 1 is 1.07 bits per heavy atom. The van der Waals surface area contributed by atoms with Crippen molar-refractivity contribution in [3.8, 4) is 11.8 Å². The number of benzene rings is 2. The molecule has 1 heterocycles. The molecular weight excluding hydrogens is 354 g/mol. The van der Waals surface area contributed by atoms with Crippen LogP contribution >= 0.6 is 0 Å². The molecular formula is C20H16F2N2O3. The second-order valence-corrected chi connectivity index (χ2v) is 6.40. The monoisotopic (exact) mass is 370 g/mol. The molecule has 7 heteroatoms. The number of carbonyl (C=O) groups is 2. The number of halogens is 2. The molecule has 2 aromatic carbocycles. The molecule has 0 spiro atoms. The summed E-state index contributed by atoms with van der Waals surface area (Å²) in [6.07, 6.45) is 0.760. The summed E-state index contributed by atoms with van der Waals surface area (Å²) in [5.41, 5.74) is -0.404. The van der Waals surface area contributed by atoms with E-state index in [4.69, 9.17) is 5.26 Å². The largest absolute Gasteiger partial charge is 0.508 e. The van der Waals surface area contributed by atoms with Crippen LogP contribution in [0.25, 0.3) is 0 Å². The predicted octanol–water partition coefficient (Wildman–Crippen LogP) is 3.28. The number of hydrogen-bond acceptors (Lipinski definition) is 4. The molecule has 0 saturated carbocycles. The van der Waals surface area contributed by atoms with E-state index in [0.29, 0.717) is 18.4 Å². The van der Waals surface area contributed by atoms with Crippen LogP contribution in [0.15, 0.2) is 36.4 Å². The van der Waals surface area contributed by atoms with Crippen molar-refractivity contribution < 1.29 is 23.5 Å². The van der Waals surface area contributed by atoms with E-state index in [0.717, 1.165) is 12.1 Å². The predicted molar refractivity (Wildman–Crippen MR) is 92.1 cm³/mol. The topological polar surface area (TPSA) is 81.4 Å². The number of phenols is 1. The van der Waals surface area contributed by atoms with Crippen molar-refractivity contribution in [1.82, 2.24) is 4.90 Å². The van der Waals surface area contributed by atoms with Gasteiger partial charge >= 0.3 is 0 Å². The van der Waals surface area contributed by atoms with E-state index in [2.05, 4.69) is 0 Å². The summed E-state index contributed by atoms with van der Waals surface area (Å²) >= 11 is 0. The van der Waals surface area contributed by atoms with Gasteiger partial charge in [-0.3, -0.25) is 9.59 Å². The lowest BCUT2D eigenvalue weighted by molar-refractivity contribution is 0.0642. The maximum Gasteiger partial charge on any atom is 0.259 e. The average Bonchev–Trinajstić information content (AvgIpc) is 2.67. The molecule has 0 atom stereocenters. The fourth-order valence-electron chi connectivity index (χ4n) is 3.21. The molecule has 1 amide bonds. The van der Waals surface area contributed by atoms with Crippen LogP contribution in [-0.4, -0.2) is 34.8 Å². The van der Waals surface area contributed by atoms with E-state index in [9.17, 15) is 23.5 Å². The summed E-state index contributed by atoms with van der Waals surface area (Å²) in [4.78, 5) is 26.3. The molecule has 1 N–H and O–H groups in total. The third-order valence-electron chi connectivity index (χ3n) is 4.69. The Labute approximate surface area is 154 Å². The number of nitriles is 1. The number of rotatable bonds is 3. The first-order valence-corrected chi connectivity index (χ1v) is 8.42. The molecule has 1 aliphatic heterocycles. The van der Waals surface area contributed by atoms with Gasteiger partial charge in [0.1, 0.15) is 22.9 Å². The number of carbonyl (C=O) groups excluding carboxylic acids is 2. The van der Waals surface area contributed by atoms with Crippen molar-refractivity contribution in [3.05, 3.63) is 64.7 Å². The van der Waals surface area contributed by atoms with E-state index in [-0.39, 0.29) is 36.1 Å². The number of hydrogen-bond donors (Lipinski definition) is 1. The minimum absolute atomic E-state index is 0.0680. The smallest absolute Gasteiger partial charge is 0.259 e. The zero-order valence-corrected chi connectivity index (χ0v) is 14.3. The van der Waals surface area contributed by atoms with Crippen LogP contribution in [-0.2, 0) is 0 Å². The average molecular weight is 370 g/mol. The summed E-state index contributed by atoms with van der Waals surface area (Å²) < 4.78 is 28.1. The lowest BCUT2D eigenvalue weighted by atomic mass is 9.88. The van der Waals surface area contributed by atoms with Gasteiger partial charge in [0, 0.05) is 24.6 Å². The van der Waals surface area contributed by atoms with Gasteiger partial charge in [-0.25, -0.2) is 8.78 Å². The molecule has 2 aromatic rings. The normalized spacial score (nSPS) is 14.6. The Morgan fingerprint density at radius 3 is 2.15 bits per heavy atom. The highest BCUT2D eigenvalue weighted by Crippen LogP contribution is 2.25. The Morgan fingerprint density at radius 2 is 1.63 bits per heavy atom. The molecule has 0 bridgehead atoms. The van der Waals surface area contributed by atoms with Crippen LogP contribution < -0.4 is 0 Å². The summed E-state index contributed by atoms with van der Waals surface area (Å²) in [5.74, 6) is -3.24. The van der Waals surface area contributed by atoms with Crippen LogP contribution in [0.2, 0.25) is 0 Å². The van der Waals surface area contributed by atoms with E-state index >= 15 is 0 Å². The number of nitrogens with zero attached hydrogens (tertiary/aromatic N) is 2. The molecule has 5 nitrogen and oxygen atoms in total. The fraction of sp³-hybridized carbons (Fsp3) is 0.250. The molecule has 1 saturated heterocycles. The van der Waals surface area contributed by atoms with Crippen molar-refractivity contribution in [2.45, 2.75) is 12.8 Å². The van der Waals surface area contributed by atoms with Crippen molar-refractivity contribution in [2.75, 3.05) is 13.1 Å². The van der Waals surface area contributed by atoms with Crippen molar-refractivity contribution in [3.63, 3.8) is 0 Å². The maximum atomic E-state index is 14.0. The second kappa shape index (κ2) is 7.54. The van der Waals surface area contributed by atoms with Gasteiger partial charge in [-0.05, 0) is 49.2 Å².